The molecule has 90 valence electrons. The van der Waals surface area contributed by atoms with Gasteiger partial charge in [-0.1, -0.05) is 25.0 Å². The lowest BCUT2D eigenvalue weighted by Gasteiger charge is -2.08. The van der Waals surface area contributed by atoms with E-state index in [1.54, 1.807) is 18.1 Å². The number of ether oxygens (including phenoxy) is 1. The average Bonchev–Trinajstić information content (AvgIpc) is 2.35. The molecule has 0 aromatic heterocycles. The van der Waals surface area contributed by atoms with E-state index in [9.17, 15) is 9.59 Å². The largest absolute Gasteiger partial charge is 0.449 e. The molecule has 0 radical (unpaired) electrons. The minimum atomic E-state index is 0.249. The van der Waals surface area contributed by atoms with Gasteiger partial charge in [0.1, 0.15) is 5.75 Å². The summed E-state index contributed by atoms with van der Waals surface area (Å²) in [6.07, 6.45) is 3.12. The van der Waals surface area contributed by atoms with Crippen molar-refractivity contribution >= 4 is 12.2 Å². The number of benzene rings is 1. The maximum absolute atomic E-state index is 10.9. The molecule has 0 bridgehead atoms. The lowest BCUT2D eigenvalue weighted by atomic mass is 10.1. The van der Waals surface area contributed by atoms with Crippen LogP contribution in [0.1, 0.15) is 42.1 Å². The summed E-state index contributed by atoms with van der Waals surface area (Å²) < 4.78 is 5.40. The van der Waals surface area contributed by atoms with E-state index >= 15 is 0 Å². The summed E-state index contributed by atoms with van der Waals surface area (Å²) in [5.41, 5.74) is 1.43. The maximum atomic E-state index is 10.9. The van der Waals surface area contributed by atoms with Crippen molar-refractivity contribution < 1.29 is 14.3 Å². The Morgan fingerprint density at radius 2 is 2.24 bits per heavy atom. The molecule has 0 spiro atoms. The molecule has 1 aromatic carbocycles. The van der Waals surface area contributed by atoms with Gasteiger partial charge in [-0.25, -0.2) is 4.79 Å². The Kier molecular flexibility index (Phi) is 5.18. The van der Waals surface area contributed by atoms with E-state index in [4.69, 9.17) is 4.74 Å². The fourth-order valence-electron chi connectivity index (χ4n) is 1.45. The van der Waals surface area contributed by atoms with Crippen LogP contribution in [0, 0.1) is 6.92 Å². The van der Waals surface area contributed by atoms with Crippen molar-refractivity contribution in [3.05, 3.63) is 35.1 Å². The minimum absolute atomic E-state index is 0.249. The van der Waals surface area contributed by atoms with Crippen LogP contribution in [0.4, 0.5) is 0 Å². The lowest BCUT2D eigenvalue weighted by molar-refractivity contribution is 0.112. The first-order chi connectivity index (χ1) is 8.21. The smallest absolute Gasteiger partial charge is 0.187 e. The molecule has 17 heavy (non-hydrogen) atoms. The highest BCUT2D eigenvalue weighted by molar-refractivity contribution is 5.79. The van der Waals surface area contributed by atoms with Gasteiger partial charge in [0, 0.05) is 6.42 Å². The Labute approximate surface area is 101 Å². The third-order valence-corrected chi connectivity index (χ3v) is 2.40. The number of hydrogen-bond donors (Lipinski definition) is 0. The van der Waals surface area contributed by atoms with E-state index in [2.05, 4.69) is 0 Å². The van der Waals surface area contributed by atoms with Gasteiger partial charge in [-0.05, 0) is 25.5 Å². The Hall–Kier alpha value is -1.86. The first-order valence-corrected chi connectivity index (χ1v) is 5.69. The normalized spacial score (nSPS) is 9.53. The van der Waals surface area contributed by atoms with Gasteiger partial charge in [-0.3, -0.25) is 4.79 Å². The van der Waals surface area contributed by atoms with Crippen molar-refractivity contribution in [1.82, 2.24) is 0 Å². The lowest BCUT2D eigenvalue weighted by Crippen LogP contribution is -1.99. The summed E-state index contributed by atoms with van der Waals surface area (Å²) >= 11 is 0. The van der Waals surface area contributed by atoms with Crippen molar-refractivity contribution in [1.29, 1.82) is 0 Å². The molecule has 0 saturated carbocycles. The molecule has 0 unspecified atom stereocenters. The Bertz CT molecular complexity index is 443. The van der Waals surface area contributed by atoms with Gasteiger partial charge in [0.05, 0.1) is 5.56 Å². The van der Waals surface area contributed by atoms with Crippen molar-refractivity contribution in [2.75, 3.05) is 0 Å². The fourth-order valence-corrected chi connectivity index (χ4v) is 1.45. The van der Waals surface area contributed by atoms with E-state index in [-0.39, 0.29) is 5.76 Å². The number of unbranched alkanes of at least 4 members (excludes halogenated alkanes) is 1. The molecule has 0 heterocycles. The summed E-state index contributed by atoms with van der Waals surface area (Å²) in [4.78, 5) is 21.6. The zero-order valence-corrected chi connectivity index (χ0v) is 10.2. The number of aryl methyl sites for hydroxylation is 1. The van der Waals surface area contributed by atoms with Gasteiger partial charge in [-0.2, -0.15) is 0 Å². The molecule has 0 amide bonds. The molecule has 0 atom stereocenters. The van der Waals surface area contributed by atoms with Crippen LogP contribution in [0.5, 0.6) is 5.75 Å². The molecular weight excluding hydrogens is 216 g/mol. The molecule has 0 aliphatic heterocycles. The van der Waals surface area contributed by atoms with Gasteiger partial charge >= 0.3 is 0 Å². The molecule has 0 aliphatic rings. The minimum Gasteiger partial charge on any atom is -0.449 e. The van der Waals surface area contributed by atoms with Gasteiger partial charge in [0.25, 0.3) is 0 Å². The van der Waals surface area contributed by atoms with Crippen LogP contribution >= 0.6 is 0 Å². The molecule has 1 rings (SSSR count). The van der Waals surface area contributed by atoms with E-state index < -0.39 is 0 Å². The zero-order valence-electron chi connectivity index (χ0n) is 10.2. The van der Waals surface area contributed by atoms with Crippen LogP contribution in [0.25, 0.3) is 0 Å². The molecule has 0 fully saturated rings. The summed E-state index contributed by atoms with van der Waals surface area (Å²) in [5, 5.41) is 0. The van der Waals surface area contributed by atoms with Crippen LogP contribution in [0.15, 0.2) is 24.0 Å². The van der Waals surface area contributed by atoms with Gasteiger partial charge < -0.3 is 4.74 Å². The first-order valence-electron chi connectivity index (χ1n) is 5.69. The number of carbonyl (C=O) groups excluding carboxylic acids is 2. The molecular formula is C14H16O3. The third-order valence-electron chi connectivity index (χ3n) is 2.40. The molecule has 0 aliphatic carbocycles. The van der Waals surface area contributed by atoms with Crippen molar-refractivity contribution in [3.63, 3.8) is 0 Å². The second kappa shape index (κ2) is 6.66. The number of rotatable bonds is 6. The van der Waals surface area contributed by atoms with Crippen molar-refractivity contribution in [2.45, 2.75) is 33.1 Å². The van der Waals surface area contributed by atoms with E-state index in [0.29, 0.717) is 17.7 Å². The highest BCUT2D eigenvalue weighted by Crippen LogP contribution is 2.21. The predicted molar refractivity (Wildman–Crippen MR) is 65.9 cm³/mol. The first kappa shape index (κ1) is 13.2. The van der Waals surface area contributed by atoms with E-state index in [1.165, 1.54) is 0 Å². The Balaban J connectivity index is 2.86. The van der Waals surface area contributed by atoms with Crippen molar-refractivity contribution in [2.24, 2.45) is 0 Å². The van der Waals surface area contributed by atoms with Gasteiger partial charge in [0.15, 0.2) is 18.0 Å². The third kappa shape index (κ3) is 3.89. The number of hydrogen-bond acceptors (Lipinski definition) is 3. The second-order valence-corrected chi connectivity index (χ2v) is 3.89. The number of carbonyl (C=O) groups is 1. The van der Waals surface area contributed by atoms with Crippen LogP contribution < -0.4 is 4.74 Å². The summed E-state index contributed by atoms with van der Waals surface area (Å²) in [6.45, 7) is 3.93. The van der Waals surface area contributed by atoms with Crippen LogP contribution in [-0.2, 0) is 4.79 Å². The van der Waals surface area contributed by atoms with Crippen LogP contribution in [0.2, 0.25) is 0 Å². The van der Waals surface area contributed by atoms with E-state index in [0.717, 1.165) is 24.7 Å². The number of aldehydes is 1. The summed E-state index contributed by atoms with van der Waals surface area (Å²) in [7, 11) is 0. The summed E-state index contributed by atoms with van der Waals surface area (Å²) in [5.74, 6) is 2.45. The van der Waals surface area contributed by atoms with Crippen LogP contribution in [-0.4, -0.2) is 12.2 Å². The Morgan fingerprint density at radius 3 is 2.82 bits per heavy atom. The van der Waals surface area contributed by atoms with Crippen molar-refractivity contribution in [3.8, 4) is 5.75 Å². The Morgan fingerprint density at radius 1 is 1.47 bits per heavy atom. The second-order valence-electron chi connectivity index (χ2n) is 3.89. The predicted octanol–water partition coefficient (Wildman–Crippen LogP) is 3.09. The topological polar surface area (TPSA) is 43.4 Å². The molecule has 0 saturated heterocycles. The highest BCUT2D eigenvalue weighted by atomic mass is 16.5. The quantitative estimate of drug-likeness (QED) is 0.430. The molecule has 0 N–H and O–H groups in total. The maximum Gasteiger partial charge on any atom is 0.187 e. The van der Waals surface area contributed by atoms with Gasteiger partial charge in [0.2, 0.25) is 0 Å². The average molecular weight is 232 g/mol. The highest BCUT2D eigenvalue weighted by Gasteiger charge is 2.07. The van der Waals surface area contributed by atoms with E-state index in [1.807, 2.05) is 19.9 Å². The zero-order chi connectivity index (χ0) is 12.7. The summed E-state index contributed by atoms with van der Waals surface area (Å²) in [6, 6.07) is 5.26. The van der Waals surface area contributed by atoms with Crippen LogP contribution in [0.3, 0.4) is 0 Å². The monoisotopic (exact) mass is 232 g/mol. The van der Waals surface area contributed by atoms with Gasteiger partial charge in [-0.15, -0.1) is 0 Å². The standard InChI is InChI=1S/C14H16O3/c1-3-4-5-13(10-16)17-14-7-6-11(2)8-12(14)9-15/h6-9H,3-5H2,1-2H3. The SMILES string of the molecule is CCCCC(=C=O)Oc1ccc(C)cc1C=O. The number of allylic oxidation sites excluding steroid dienone is 1. The molecule has 3 nitrogen and oxygen atoms in total. The fraction of sp³-hybridized carbons (Fsp3) is 0.357. The molecule has 1 aromatic rings. The molecule has 3 heteroatoms.